The molecule has 8 heavy (non-hydrogen) atoms. The van der Waals surface area contributed by atoms with Gasteiger partial charge in [-0.1, -0.05) is 0 Å². The molecule has 0 aliphatic rings. The predicted molar refractivity (Wildman–Crippen MR) is 23.8 cm³/mol. The SMILES string of the molecule is O=CN([O-])CC(=O)O. The van der Waals surface area contributed by atoms with Gasteiger partial charge in [0.1, 0.15) is 6.54 Å². The molecule has 0 aromatic rings. The topological polar surface area (TPSA) is 80.7 Å². The van der Waals surface area contributed by atoms with E-state index in [0.29, 0.717) is 0 Å². The fraction of sp³-hybridized carbons (Fsp3) is 0.333. The molecule has 5 nitrogen and oxygen atoms in total. The van der Waals surface area contributed by atoms with Crippen molar-refractivity contribution >= 4 is 12.4 Å². The lowest BCUT2D eigenvalue weighted by Gasteiger charge is -2.18. The van der Waals surface area contributed by atoms with Gasteiger partial charge >= 0.3 is 5.97 Å². The van der Waals surface area contributed by atoms with Crippen molar-refractivity contribution in [3.8, 4) is 0 Å². The van der Waals surface area contributed by atoms with Crippen molar-refractivity contribution in [2.24, 2.45) is 0 Å². The Kier molecular flexibility index (Phi) is 2.57. The molecule has 0 saturated carbocycles. The molecule has 0 saturated heterocycles. The fourth-order valence-corrected chi connectivity index (χ4v) is 0.171. The highest BCUT2D eigenvalue weighted by molar-refractivity contribution is 5.72. The number of carboxylic acids is 1. The Bertz CT molecular complexity index is 101. The zero-order valence-corrected chi connectivity index (χ0v) is 3.90. The highest BCUT2D eigenvalue weighted by atomic mass is 16.5. The number of hydrogen-bond donors (Lipinski definition) is 1. The number of amides is 1. The lowest BCUT2D eigenvalue weighted by Crippen LogP contribution is -2.21. The van der Waals surface area contributed by atoms with Crippen molar-refractivity contribution < 1.29 is 14.7 Å². The summed E-state index contributed by atoms with van der Waals surface area (Å²) >= 11 is 0. The molecule has 46 valence electrons. The fourth-order valence-electron chi connectivity index (χ4n) is 0.171. The normalized spacial score (nSPS) is 8.12. The van der Waals surface area contributed by atoms with Gasteiger partial charge < -0.3 is 15.4 Å². The van der Waals surface area contributed by atoms with Crippen LogP contribution < -0.4 is 0 Å². The number of hydrogen-bond acceptors (Lipinski definition) is 3. The van der Waals surface area contributed by atoms with Crippen molar-refractivity contribution in [2.45, 2.75) is 0 Å². The van der Waals surface area contributed by atoms with Crippen LogP contribution in [-0.4, -0.2) is 29.1 Å². The van der Waals surface area contributed by atoms with Crippen LogP contribution in [0.5, 0.6) is 0 Å². The second-order valence-corrected chi connectivity index (χ2v) is 1.07. The van der Waals surface area contributed by atoms with E-state index < -0.39 is 12.5 Å². The van der Waals surface area contributed by atoms with Crippen molar-refractivity contribution in [1.29, 1.82) is 0 Å². The van der Waals surface area contributed by atoms with Gasteiger partial charge in [-0.2, -0.15) is 0 Å². The zero-order chi connectivity index (χ0) is 6.57. The second-order valence-electron chi connectivity index (χ2n) is 1.07. The highest BCUT2D eigenvalue weighted by Crippen LogP contribution is 1.73. The van der Waals surface area contributed by atoms with E-state index in [2.05, 4.69) is 0 Å². The molecule has 1 amide bonds. The number of aliphatic carboxylic acids is 1. The summed E-state index contributed by atoms with van der Waals surface area (Å²) in [4.78, 5) is 19.0. The van der Waals surface area contributed by atoms with Crippen LogP contribution in [0.3, 0.4) is 0 Å². The first-order chi connectivity index (χ1) is 3.66. The van der Waals surface area contributed by atoms with E-state index in [-0.39, 0.29) is 11.5 Å². The Labute approximate surface area is 45.1 Å². The Hall–Kier alpha value is -1.10. The molecule has 5 heteroatoms. The number of rotatable bonds is 3. The van der Waals surface area contributed by atoms with Crippen LogP contribution in [-0.2, 0) is 9.59 Å². The van der Waals surface area contributed by atoms with E-state index in [4.69, 9.17) is 5.11 Å². The Morgan fingerprint density at radius 3 is 2.50 bits per heavy atom. The molecule has 0 atom stereocenters. The first kappa shape index (κ1) is 6.90. The van der Waals surface area contributed by atoms with Crippen LogP contribution >= 0.6 is 0 Å². The second kappa shape index (κ2) is 2.98. The van der Waals surface area contributed by atoms with Gasteiger partial charge in [0, 0.05) is 0 Å². The molecule has 0 aromatic carbocycles. The maximum atomic E-state index is 9.79. The Morgan fingerprint density at radius 2 is 2.38 bits per heavy atom. The first-order valence-corrected chi connectivity index (χ1v) is 1.77. The molecular weight excluding hydrogens is 114 g/mol. The minimum atomic E-state index is -1.31. The van der Waals surface area contributed by atoms with Crippen molar-refractivity contribution in [1.82, 2.24) is 5.06 Å². The molecule has 0 heterocycles. The monoisotopic (exact) mass is 118 g/mol. The van der Waals surface area contributed by atoms with Crippen molar-refractivity contribution in [3.63, 3.8) is 0 Å². The first-order valence-electron chi connectivity index (χ1n) is 1.77. The molecule has 1 N–H and O–H groups in total. The minimum absolute atomic E-state index is 0.0892. The molecule has 0 spiro atoms. The maximum Gasteiger partial charge on any atom is 0.322 e. The average molecular weight is 118 g/mol. The maximum absolute atomic E-state index is 9.79. The number of nitrogens with zero attached hydrogens (tertiary/aromatic N) is 1. The summed E-state index contributed by atoms with van der Waals surface area (Å²) in [7, 11) is 0. The van der Waals surface area contributed by atoms with E-state index in [1.54, 1.807) is 0 Å². The van der Waals surface area contributed by atoms with E-state index in [1.807, 2.05) is 0 Å². The van der Waals surface area contributed by atoms with Gasteiger partial charge in [0.05, 0.1) is 0 Å². The standard InChI is InChI=1S/C3H4NO4/c5-2-4(8)1-3(6)7/h2H,1H2,(H,6,7)/q-1. The van der Waals surface area contributed by atoms with Gasteiger partial charge in [-0.25, -0.2) is 0 Å². The summed E-state index contributed by atoms with van der Waals surface area (Å²) in [6, 6.07) is 0. The summed E-state index contributed by atoms with van der Waals surface area (Å²) < 4.78 is 0. The van der Waals surface area contributed by atoms with Gasteiger partial charge in [-0.05, 0) is 0 Å². The van der Waals surface area contributed by atoms with Crippen molar-refractivity contribution in [2.75, 3.05) is 6.54 Å². The Morgan fingerprint density at radius 1 is 1.88 bits per heavy atom. The quantitative estimate of drug-likeness (QED) is 0.381. The van der Waals surface area contributed by atoms with Gasteiger partial charge in [0.15, 0.2) is 6.41 Å². The van der Waals surface area contributed by atoms with Crippen LogP contribution in [0.15, 0.2) is 0 Å². The summed E-state index contributed by atoms with van der Waals surface area (Å²) in [5, 5.41) is 17.4. The summed E-state index contributed by atoms with van der Waals surface area (Å²) in [6.07, 6.45) is -0.0892. The third-order valence-electron chi connectivity index (χ3n) is 0.409. The van der Waals surface area contributed by atoms with E-state index in [9.17, 15) is 14.8 Å². The van der Waals surface area contributed by atoms with Gasteiger partial charge in [0.25, 0.3) is 0 Å². The largest absolute Gasteiger partial charge is 0.756 e. The smallest absolute Gasteiger partial charge is 0.322 e. The van der Waals surface area contributed by atoms with E-state index in [0.717, 1.165) is 0 Å². The lowest BCUT2D eigenvalue weighted by atomic mass is 10.7. The van der Waals surface area contributed by atoms with Crippen LogP contribution in [0, 0.1) is 5.21 Å². The third kappa shape index (κ3) is 3.10. The molecule has 0 rings (SSSR count). The third-order valence-corrected chi connectivity index (χ3v) is 0.409. The van der Waals surface area contributed by atoms with Gasteiger partial charge in [0.2, 0.25) is 0 Å². The van der Waals surface area contributed by atoms with Crippen LogP contribution in [0.1, 0.15) is 0 Å². The molecular formula is C3H4NO4-. The Balaban J connectivity index is 3.38. The molecule has 0 radical (unpaired) electrons. The van der Waals surface area contributed by atoms with E-state index >= 15 is 0 Å². The number of carboxylic acid groups (broad SMARTS) is 1. The summed E-state index contributed by atoms with van der Waals surface area (Å²) in [5.74, 6) is -1.31. The summed E-state index contributed by atoms with van der Waals surface area (Å²) in [5.41, 5.74) is 0. The minimum Gasteiger partial charge on any atom is -0.756 e. The molecule has 0 bridgehead atoms. The summed E-state index contributed by atoms with van der Waals surface area (Å²) in [6.45, 7) is -0.788. The predicted octanol–water partition coefficient (Wildman–Crippen LogP) is -0.973. The number of hydroxylamine groups is 2. The van der Waals surface area contributed by atoms with Crippen LogP contribution in [0.4, 0.5) is 0 Å². The molecule has 0 aromatic heterocycles. The highest BCUT2D eigenvalue weighted by Gasteiger charge is 1.93. The van der Waals surface area contributed by atoms with Gasteiger partial charge in [-0.3, -0.25) is 9.59 Å². The van der Waals surface area contributed by atoms with Gasteiger partial charge in [-0.15, -0.1) is 0 Å². The molecule has 0 aliphatic carbocycles. The molecule has 0 aliphatic heterocycles. The lowest BCUT2D eigenvalue weighted by molar-refractivity contribution is -0.139. The van der Waals surface area contributed by atoms with Crippen LogP contribution in [0.25, 0.3) is 0 Å². The number of carbonyl (C=O) groups excluding carboxylic acids is 1. The zero-order valence-electron chi connectivity index (χ0n) is 3.90. The molecule has 0 unspecified atom stereocenters. The van der Waals surface area contributed by atoms with Crippen LogP contribution in [0.2, 0.25) is 0 Å². The average Bonchev–Trinajstić information content (AvgIpc) is 1.65. The number of carbonyl (C=O) groups is 2. The van der Waals surface area contributed by atoms with Crippen molar-refractivity contribution in [3.05, 3.63) is 5.21 Å². The molecule has 0 fully saturated rings. The van der Waals surface area contributed by atoms with E-state index in [1.165, 1.54) is 0 Å².